The van der Waals surface area contributed by atoms with Gasteiger partial charge < -0.3 is 10.6 Å². The number of hydrogen-bond donors (Lipinski definition) is 2. The second kappa shape index (κ2) is 3.49. The highest BCUT2D eigenvalue weighted by atomic mass is 15.0. The molecule has 2 heterocycles. The van der Waals surface area contributed by atoms with E-state index in [0.29, 0.717) is 0 Å². The molecule has 0 aromatic carbocycles. The molecule has 2 aromatic heterocycles. The van der Waals surface area contributed by atoms with E-state index in [1.165, 1.54) is 0 Å². The van der Waals surface area contributed by atoms with E-state index in [2.05, 4.69) is 20.6 Å². The Morgan fingerprint density at radius 2 is 2.07 bits per heavy atom. The van der Waals surface area contributed by atoms with Crippen molar-refractivity contribution in [1.82, 2.24) is 9.97 Å². The summed E-state index contributed by atoms with van der Waals surface area (Å²) in [5.41, 5.74) is 2.78. The first kappa shape index (κ1) is 8.74. The van der Waals surface area contributed by atoms with Crippen LogP contribution in [-0.2, 0) is 0 Å². The maximum atomic E-state index is 4.39. The molecule has 2 rings (SSSR count). The van der Waals surface area contributed by atoms with Crippen LogP contribution in [0.25, 0.3) is 11.0 Å². The van der Waals surface area contributed by atoms with Gasteiger partial charge in [0.1, 0.15) is 11.3 Å². The quantitative estimate of drug-likeness (QED) is 0.753. The van der Waals surface area contributed by atoms with E-state index in [0.717, 1.165) is 22.5 Å². The van der Waals surface area contributed by atoms with Crippen LogP contribution >= 0.6 is 0 Å². The van der Waals surface area contributed by atoms with Crippen molar-refractivity contribution in [2.24, 2.45) is 0 Å². The number of rotatable bonds is 2. The minimum atomic E-state index is 0.842. The van der Waals surface area contributed by atoms with Crippen LogP contribution in [0, 0.1) is 0 Å². The number of fused-ring (bicyclic) bond motifs is 1. The molecule has 0 fully saturated rings. The molecule has 4 nitrogen and oxygen atoms in total. The summed E-state index contributed by atoms with van der Waals surface area (Å²) in [7, 11) is 3.73. The Balaban J connectivity index is 2.73. The minimum Gasteiger partial charge on any atom is -0.386 e. The Morgan fingerprint density at radius 1 is 1.21 bits per heavy atom. The summed E-state index contributed by atoms with van der Waals surface area (Å²) in [6.45, 7) is 0. The molecule has 0 atom stereocenters. The van der Waals surface area contributed by atoms with Crippen LogP contribution < -0.4 is 10.6 Å². The van der Waals surface area contributed by atoms with Crippen molar-refractivity contribution < 1.29 is 0 Å². The van der Waals surface area contributed by atoms with E-state index in [-0.39, 0.29) is 0 Å². The van der Waals surface area contributed by atoms with Gasteiger partial charge in [0.15, 0.2) is 0 Å². The summed E-state index contributed by atoms with van der Waals surface area (Å²) in [5, 5.41) is 6.12. The van der Waals surface area contributed by atoms with Gasteiger partial charge in [-0.15, -0.1) is 0 Å². The van der Waals surface area contributed by atoms with E-state index in [9.17, 15) is 0 Å². The lowest BCUT2D eigenvalue weighted by molar-refractivity contribution is 1.30. The summed E-state index contributed by atoms with van der Waals surface area (Å²) in [5.74, 6) is 0.842. The van der Waals surface area contributed by atoms with Crippen molar-refractivity contribution in [3.05, 3.63) is 24.4 Å². The highest BCUT2D eigenvalue weighted by molar-refractivity contribution is 5.89. The smallest absolute Gasteiger partial charge is 0.128 e. The standard InChI is InChI=1S/C10H12N4/c1-11-8-6-9(12-2)14-7-4-3-5-13-10(7)8/h3-6H,1-2H3,(H2,11,12,14). The van der Waals surface area contributed by atoms with Crippen LogP contribution in [0.4, 0.5) is 11.5 Å². The lowest BCUT2D eigenvalue weighted by Gasteiger charge is -2.07. The van der Waals surface area contributed by atoms with Gasteiger partial charge >= 0.3 is 0 Å². The summed E-state index contributed by atoms with van der Waals surface area (Å²) in [6.07, 6.45) is 1.77. The average Bonchev–Trinajstić information content (AvgIpc) is 2.27. The first-order valence-electron chi connectivity index (χ1n) is 4.46. The van der Waals surface area contributed by atoms with Crippen LogP contribution in [0.2, 0.25) is 0 Å². The van der Waals surface area contributed by atoms with Crippen molar-refractivity contribution in [2.45, 2.75) is 0 Å². The number of hydrogen-bond acceptors (Lipinski definition) is 4. The van der Waals surface area contributed by atoms with E-state index in [4.69, 9.17) is 0 Å². The Hall–Kier alpha value is -1.84. The van der Waals surface area contributed by atoms with Crippen LogP contribution in [-0.4, -0.2) is 24.1 Å². The molecule has 2 N–H and O–H groups in total. The van der Waals surface area contributed by atoms with E-state index in [1.54, 1.807) is 6.20 Å². The molecular formula is C10H12N4. The Bertz CT molecular complexity index is 453. The summed E-state index contributed by atoms with van der Waals surface area (Å²) in [4.78, 5) is 8.66. The van der Waals surface area contributed by atoms with Crippen LogP contribution in [0.1, 0.15) is 0 Å². The fraction of sp³-hybridized carbons (Fsp3) is 0.200. The molecule has 14 heavy (non-hydrogen) atoms. The third-order valence-corrected chi connectivity index (χ3v) is 2.09. The third kappa shape index (κ3) is 1.35. The molecule has 0 spiro atoms. The number of anilines is 2. The fourth-order valence-electron chi connectivity index (χ4n) is 1.38. The molecule has 0 aliphatic rings. The average molecular weight is 188 g/mol. The molecule has 0 aliphatic carbocycles. The van der Waals surface area contributed by atoms with E-state index >= 15 is 0 Å². The molecule has 0 saturated carbocycles. The van der Waals surface area contributed by atoms with Crippen LogP contribution in [0.3, 0.4) is 0 Å². The van der Waals surface area contributed by atoms with Gasteiger partial charge in [-0.25, -0.2) is 4.98 Å². The van der Waals surface area contributed by atoms with Crippen molar-refractivity contribution in [3.8, 4) is 0 Å². The normalized spacial score (nSPS) is 10.1. The molecule has 0 amide bonds. The van der Waals surface area contributed by atoms with Gasteiger partial charge in [0.25, 0.3) is 0 Å². The number of pyridine rings is 2. The molecule has 0 bridgehead atoms. The predicted molar refractivity (Wildman–Crippen MR) is 58.6 cm³/mol. The van der Waals surface area contributed by atoms with Crippen molar-refractivity contribution in [1.29, 1.82) is 0 Å². The molecule has 72 valence electrons. The Labute approximate surface area is 82.4 Å². The number of nitrogens with zero attached hydrogens (tertiary/aromatic N) is 2. The molecule has 2 aromatic rings. The second-order valence-corrected chi connectivity index (χ2v) is 2.93. The van der Waals surface area contributed by atoms with Gasteiger partial charge in [0.05, 0.1) is 11.2 Å². The summed E-state index contributed by atoms with van der Waals surface area (Å²) >= 11 is 0. The lowest BCUT2D eigenvalue weighted by Crippen LogP contribution is -1.98. The predicted octanol–water partition coefficient (Wildman–Crippen LogP) is 1.71. The topological polar surface area (TPSA) is 49.8 Å². The summed E-state index contributed by atoms with van der Waals surface area (Å²) < 4.78 is 0. The lowest BCUT2D eigenvalue weighted by atomic mass is 10.2. The van der Waals surface area contributed by atoms with E-state index < -0.39 is 0 Å². The Morgan fingerprint density at radius 3 is 2.79 bits per heavy atom. The van der Waals surface area contributed by atoms with Gasteiger partial charge in [-0.1, -0.05) is 0 Å². The van der Waals surface area contributed by atoms with Crippen molar-refractivity contribution in [3.63, 3.8) is 0 Å². The molecule has 0 unspecified atom stereocenters. The number of nitrogens with one attached hydrogen (secondary N) is 2. The maximum Gasteiger partial charge on any atom is 0.128 e. The molecule has 4 heteroatoms. The largest absolute Gasteiger partial charge is 0.386 e. The van der Waals surface area contributed by atoms with Gasteiger partial charge in [0, 0.05) is 26.4 Å². The SMILES string of the molecule is CNc1cc(NC)c2ncccc2n1. The van der Waals surface area contributed by atoms with Gasteiger partial charge in [-0.3, -0.25) is 4.98 Å². The highest BCUT2D eigenvalue weighted by Gasteiger charge is 2.03. The maximum absolute atomic E-state index is 4.39. The zero-order valence-corrected chi connectivity index (χ0v) is 8.20. The zero-order valence-electron chi connectivity index (χ0n) is 8.20. The van der Waals surface area contributed by atoms with Crippen molar-refractivity contribution >= 4 is 22.5 Å². The molecule has 0 radical (unpaired) electrons. The number of aromatic nitrogens is 2. The van der Waals surface area contributed by atoms with Gasteiger partial charge in [-0.2, -0.15) is 0 Å². The molecular weight excluding hydrogens is 176 g/mol. The van der Waals surface area contributed by atoms with Gasteiger partial charge in [-0.05, 0) is 12.1 Å². The van der Waals surface area contributed by atoms with Gasteiger partial charge in [0.2, 0.25) is 0 Å². The summed E-state index contributed by atoms with van der Waals surface area (Å²) in [6, 6.07) is 5.77. The second-order valence-electron chi connectivity index (χ2n) is 2.93. The highest BCUT2D eigenvalue weighted by Crippen LogP contribution is 2.22. The zero-order chi connectivity index (χ0) is 9.97. The molecule has 0 aliphatic heterocycles. The van der Waals surface area contributed by atoms with Crippen LogP contribution in [0.5, 0.6) is 0 Å². The van der Waals surface area contributed by atoms with Crippen molar-refractivity contribution in [2.75, 3.05) is 24.7 Å². The Kier molecular flexibility index (Phi) is 2.18. The van der Waals surface area contributed by atoms with Crippen LogP contribution in [0.15, 0.2) is 24.4 Å². The van der Waals surface area contributed by atoms with E-state index in [1.807, 2.05) is 32.3 Å². The fourth-order valence-corrected chi connectivity index (χ4v) is 1.38. The molecule has 0 saturated heterocycles. The minimum absolute atomic E-state index is 0.842. The third-order valence-electron chi connectivity index (χ3n) is 2.09. The first-order valence-corrected chi connectivity index (χ1v) is 4.46. The monoisotopic (exact) mass is 188 g/mol. The first-order chi connectivity index (χ1) is 6.85.